The summed E-state index contributed by atoms with van der Waals surface area (Å²) in [4.78, 5) is 35.1. The first-order chi connectivity index (χ1) is 15.6. The highest BCUT2D eigenvalue weighted by Crippen LogP contribution is 2.24. The van der Waals surface area contributed by atoms with Gasteiger partial charge in [0.1, 0.15) is 0 Å². The third kappa shape index (κ3) is 4.95. The number of piperazine rings is 1. The van der Waals surface area contributed by atoms with Gasteiger partial charge in [-0.15, -0.1) is 6.58 Å². The Hall–Kier alpha value is -2.90. The van der Waals surface area contributed by atoms with Gasteiger partial charge in [0.15, 0.2) is 5.16 Å². The number of hydrogen-bond donors (Lipinski definition) is 0. The van der Waals surface area contributed by atoms with Crippen LogP contribution in [0.5, 0.6) is 0 Å². The molecule has 0 saturated carbocycles. The highest BCUT2D eigenvalue weighted by atomic mass is 32.2. The van der Waals surface area contributed by atoms with Gasteiger partial charge in [0.25, 0.3) is 5.56 Å². The van der Waals surface area contributed by atoms with Crippen molar-refractivity contribution >= 4 is 28.6 Å². The van der Waals surface area contributed by atoms with Gasteiger partial charge in [-0.3, -0.25) is 19.1 Å². The summed E-state index contributed by atoms with van der Waals surface area (Å²) in [7, 11) is 0. The maximum absolute atomic E-state index is 13.1. The lowest BCUT2D eigenvalue weighted by atomic mass is 10.2. The third-order valence-corrected chi connectivity index (χ3v) is 6.78. The molecular formula is C25H28N4O2S. The molecule has 7 heteroatoms. The number of allylic oxidation sites excluding steroid dienone is 1. The maximum atomic E-state index is 13.1. The molecule has 1 aliphatic rings. The van der Waals surface area contributed by atoms with Crippen molar-refractivity contribution in [1.29, 1.82) is 0 Å². The van der Waals surface area contributed by atoms with Gasteiger partial charge < -0.3 is 4.90 Å². The molecule has 166 valence electrons. The molecule has 6 nitrogen and oxygen atoms in total. The molecule has 2 heterocycles. The molecule has 0 spiro atoms. The van der Waals surface area contributed by atoms with Gasteiger partial charge in [0, 0.05) is 39.3 Å². The van der Waals surface area contributed by atoms with Crippen LogP contribution in [0.15, 0.2) is 77.2 Å². The van der Waals surface area contributed by atoms with Crippen molar-refractivity contribution in [3.8, 4) is 0 Å². The van der Waals surface area contributed by atoms with Crippen LogP contribution in [0.1, 0.15) is 12.5 Å². The number of fused-ring (bicyclic) bond motifs is 1. The van der Waals surface area contributed by atoms with E-state index in [9.17, 15) is 9.59 Å². The molecule has 1 unspecified atom stereocenters. The van der Waals surface area contributed by atoms with Crippen molar-refractivity contribution < 1.29 is 4.79 Å². The van der Waals surface area contributed by atoms with Gasteiger partial charge in [0.2, 0.25) is 5.91 Å². The number of thioether (sulfide) groups is 1. The molecule has 1 aliphatic heterocycles. The van der Waals surface area contributed by atoms with Crippen molar-refractivity contribution in [3.05, 3.63) is 83.2 Å². The molecule has 1 saturated heterocycles. The average Bonchev–Trinajstić information content (AvgIpc) is 2.82. The second-order valence-electron chi connectivity index (χ2n) is 7.96. The minimum Gasteiger partial charge on any atom is -0.339 e. The molecule has 2 aromatic carbocycles. The summed E-state index contributed by atoms with van der Waals surface area (Å²) in [6.45, 7) is 10.1. The van der Waals surface area contributed by atoms with E-state index in [4.69, 9.17) is 0 Å². The monoisotopic (exact) mass is 448 g/mol. The summed E-state index contributed by atoms with van der Waals surface area (Å²) in [6.07, 6.45) is 1.68. The molecular weight excluding hydrogens is 420 g/mol. The van der Waals surface area contributed by atoms with Crippen LogP contribution in [0.4, 0.5) is 0 Å². The molecule has 4 rings (SSSR count). The van der Waals surface area contributed by atoms with Crippen LogP contribution in [0.3, 0.4) is 0 Å². The van der Waals surface area contributed by atoms with Crippen LogP contribution in [-0.2, 0) is 17.9 Å². The maximum Gasteiger partial charge on any atom is 0.262 e. The number of aromatic nitrogens is 2. The van der Waals surface area contributed by atoms with E-state index in [2.05, 4.69) is 40.7 Å². The second-order valence-corrected chi connectivity index (χ2v) is 9.27. The topological polar surface area (TPSA) is 58.4 Å². The summed E-state index contributed by atoms with van der Waals surface area (Å²) in [5, 5.41) is 0.796. The van der Waals surface area contributed by atoms with E-state index >= 15 is 0 Å². The molecule has 1 amide bonds. The summed E-state index contributed by atoms with van der Waals surface area (Å²) in [5.74, 6) is 0.0851. The van der Waals surface area contributed by atoms with Crippen molar-refractivity contribution in [2.75, 3.05) is 26.2 Å². The van der Waals surface area contributed by atoms with Crippen LogP contribution in [0, 0.1) is 0 Å². The standard InChI is InChI=1S/C25H28N4O2S/c1-3-13-29-24(31)21-11-7-8-12-22(21)26-25(29)32-19(2)23(30)28-16-14-27(15-17-28)18-20-9-5-4-6-10-20/h3-12,19H,1,13-18H2,2H3. The van der Waals surface area contributed by atoms with Gasteiger partial charge in [-0.05, 0) is 24.6 Å². The fourth-order valence-corrected chi connectivity index (χ4v) is 4.96. The average molecular weight is 449 g/mol. The highest BCUT2D eigenvalue weighted by Gasteiger charge is 2.27. The lowest BCUT2D eigenvalue weighted by Crippen LogP contribution is -2.50. The number of amides is 1. The Bertz CT molecular complexity index is 1150. The largest absolute Gasteiger partial charge is 0.339 e. The van der Waals surface area contributed by atoms with Crippen LogP contribution < -0.4 is 5.56 Å². The van der Waals surface area contributed by atoms with Crippen molar-refractivity contribution in [3.63, 3.8) is 0 Å². The fraction of sp³-hybridized carbons (Fsp3) is 0.320. The minimum absolute atomic E-state index is 0.0851. The Balaban J connectivity index is 1.43. The number of hydrogen-bond acceptors (Lipinski definition) is 5. The van der Waals surface area contributed by atoms with Crippen LogP contribution in [0.2, 0.25) is 0 Å². The van der Waals surface area contributed by atoms with Gasteiger partial charge in [-0.25, -0.2) is 4.98 Å². The molecule has 3 aromatic rings. The molecule has 0 bridgehead atoms. The summed E-state index contributed by atoms with van der Waals surface area (Å²) >= 11 is 1.34. The highest BCUT2D eigenvalue weighted by molar-refractivity contribution is 8.00. The normalized spacial score (nSPS) is 15.6. The number of rotatable bonds is 7. The van der Waals surface area contributed by atoms with E-state index in [-0.39, 0.29) is 16.7 Å². The van der Waals surface area contributed by atoms with E-state index < -0.39 is 0 Å². The molecule has 0 radical (unpaired) electrons. The zero-order valence-corrected chi connectivity index (χ0v) is 19.1. The summed E-state index contributed by atoms with van der Waals surface area (Å²) in [6, 6.07) is 17.7. The minimum atomic E-state index is -0.334. The third-order valence-electron chi connectivity index (χ3n) is 5.70. The van der Waals surface area contributed by atoms with Gasteiger partial charge in [-0.1, -0.05) is 60.3 Å². The molecule has 1 fully saturated rings. The number of benzene rings is 2. The van der Waals surface area contributed by atoms with Crippen molar-refractivity contribution in [2.45, 2.75) is 30.4 Å². The number of para-hydroxylation sites is 1. The first kappa shape index (κ1) is 22.3. The van der Waals surface area contributed by atoms with Crippen LogP contribution in [0.25, 0.3) is 10.9 Å². The first-order valence-electron chi connectivity index (χ1n) is 10.9. The lowest BCUT2D eigenvalue weighted by Gasteiger charge is -2.35. The van der Waals surface area contributed by atoms with E-state index in [1.54, 1.807) is 16.7 Å². The Morgan fingerprint density at radius 1 is 1.09 bits per heavy atom. The van der Waals surface area contributed by atoms with Gasteiger partial charge in [0.05, 0.1) is 16.2 Å². The van der Waals surface area contributed by atoms with Crippen molar-refractivity contribution in [2.24, 2.45) is 0 Å². The smallest absolute Gasteiger partial charge is 0.262 e. The predicted octanol–water partition coefficient (Wildman–Crippen LogP) is 3.41. The predicted molar refractivity (Wildman–Crippen MR) is 130 cm³/mol. The second kappa shape index (κ2) is 10.1. The van der Waals surface area contributed by atoms with E-state index in [0.29, 0.717) is 35.7 Å². The van der Waals surface area contributed by atoms with E-state index in [0.717, 1.165) is 19.6 Å². The molecule has 0 aliphatic carbocycles. The molecule has 1 atom stereocenters. The number of nitrogens with zero attached hydrogens (tertiary/aromatic N) is 4. The first-order valence-corrected chi connectivity index (χ1v) is 11.8. The molecule has 1 aromatic heterocycles. The van der Waals surface area contributed by atoms with Crippen molar-refractivity contribution in [1.82, 2.24) is 19.4 Å². The quantitative estimate of drug-likeness (QED) is 0.315. The Labute approximate surface area is 192 Å². The summed E-state index contributed by atoms with van der Waals surface area (Å²) in [5.41, 5.74) is 1.83. The number of carbonyl (C=O) groups excluding carboxylic acids is 1. The SMILES string of the molecule is C=CCn1c(SC(C)C(=O)N2CCN(Cc3ccccc3)CC2)nc2ccccc2c1=O. The van der Waals surface area contributed by atoms with Crippen LogP contribution in [-0.4, -0.2) is 56.7 Å². The van der Waals surface area contributed by atoms with E-state index in [1.165, 1.54) is 17.3 Å². The van der Waals surface area contributed by atoms with E-state index in [1.807, 2.05) is 36.1 Å². The Morgan fingerprint density at radius 2 is 1.78 bits per heavy atom. The molecule has 32 heavy (non-hydrogen) atoms. The van der Waals surface area contributed by atoms with Gasteiger partial charge >= 0.3 is 0 Å². The zero-order valence-electron chi connectivity index (χ0n) is 18.3. The Kier molecular flexibility index (Phi) is 7.07. The van der Waals surface area contributed by atoms with Crippen LogP contribution >= 0.6 is 11.8 Å². The number of carbonyl (C=O) groups is 1. The summed E-state index contributed by atoms with van der Waals surface area (Å²) < 4.78 is 1.60. The Morgan fingerprint density at radius 3 is 2.50 bits per heavy atom. The lowest BCUT2D eigenvalue weighted by molar-refractivity contribution is -0.132. The van der Waals surface area contributed by atoms with Gasteiger partial charge in [-0.2, -0.15) is 0 Å². The zero-order chi connectivity index (χ0) is 22.5. The molecule has 0 N–H and O–H groups in total. The fourth-order valence-electron chi connectivity index (χ4n) is 3.96.